The number of hydrogen-bond acceptors (Lipinski definition) is 3. The lowest BCUT2D eigenvalue weighted by Crippen LogP contribution is -2.15. The van der Waals surface area contributed by atoms with Crippen LogP contribution in [0.25, 0.3) is 0 Å². The number of rotatable bonds is 2. The molecule has 2 unspecified atom stereocenters. The molecule has 0 N–H and O–H groups in total. The molecule has 2 rings (SSSR count). The van der Waals surface area contributed by atoms with E-state index in [1.54, 1.807) is 12.1 Å². The van der Waals surface area contributed by atoms with Gasteiger partial charge in [-0.1, -0.05) is 39.1 Å². The van der Waals surface area contributed by atoms with E-state index in [0.29, 0.717) is 16.5 Å². The smallest absolute Gasteiger partial charge is 0.261 e. The average molecular weight is 360 g/mol. The van der Waals surface area contributed by atoms with Crippen molar-refractivity contribution in [1.82, 2.24) is 0 Å². The van der Waals surface area contributed by atoms with Crippen LogP contribution in [0.15, 0.2) is 12.1 Å². The monoisotopic (exact) mass is 358 g/mol. The van der Waals surface area contributed by atoms with Crippen LogP contribution in [0, 0.1) is 0 Å². The Morgan fingerprint density at radius 1 is 1.41 bits per heavy atom. The first-order valence-electron chi connectivity index (χ1n) is 4.78. The molecule has 1 aliphatic rings. The zero-order chi connectivity index (χ0) is 12.8. The molecule has 0 amide bonds. The lowest BCUT2D eigenvalue weighted by atomic mass is 10.1. The predicted molar refractivity (Wildman–Crippen MR) is 71.6 cm³/mol. The van der Waals surface area contributed by atoms with E-state index in [4.69, 9.17) is 27.4 Å². The molecular weight excluding hydrogens is 351 g/mol. The van der Waals surface area contributed by atoms with E-state index in [9.17, 15) is 8.42 Å². The first-order chi connectivity index (χ1) is 7.78. The summed E-state index contributed by atoms with van der Waals surface area (Å²) in [5.41, 5.74) is 1.61. The van der Waals surface area contributed by atoms with Crippen molar-refractivity contribution in [3.05, 3.63) is 33.3 Å². The highest BCUT2D eigenvalue weighted by molar-refractivity contribution is 9.09. The first-order valence-corrected chi connectivity index (χ1v) is 8.27. The fourth-order valence-corrected chi connectivity index (χ4v) is 3.95. The minimum absolute atomic E-state index is 0.122. The molecule has 0 saturated heterocycles. The molecule has 0 bridgehead atoms. The Balaban J connectivity index is 2.46. The van der Waals surface area contributed by atoms with Gasteiger partial charge in [0.2, 0.25) is 0 Å². The second kappa shape index (κ2) is 4.70. The highest BCUT2D eigenvalue weighted by Gasteiger charge is 2.35. The summed E-state index contributed by atoms with van der Waals surface area (Å²) in [5, 5.41) is 1.01. The van der Waals surface area contributed by atoms with Crippen molar-refractivity contribution in [2.45, 2.75) is 17.4 Å². The fraction of sp³-hybridized carbons (Fsp3) is 0.400. The zero-order valence-corrected chi connectivity index (χ0v) is 12.7. The third-order valence-corrected chi connectivity index (χ3v) is 4.42. The normalized spacial score (nSPS) is 23.8. The molecule has 0 radical (unpaired) electrons. The van der Waals surface area contributed by atoms with E-state index in [0.717, 1.165) is 17.4 Å². The van der Waals surface area contributed by atoms with Crippen LogP contribution in [0.3, 0.4) is 0 Å². The molecule has 94 valence electrons. The van der Waals surface area contributed by atoms with Crippen molar-refractivity contribution >= 4 is 49.2 Å². The SMILES string of the molecule is CS(=O)(=O)OC1c2cc(Cl)cc(Cl)c2CC1Br. The van der Waals surface area contributed by atoms with Gasteiger partial charge in [0.15, 0.2) is 0 Å². The second-order valence-corrected chi connectivity index (χ2v) is 7.52. The summed E-state index contributed by atoms with van der Waals surface area (Å²) in [4.78, 5) is -0.122. The Morgan fingerprint density at radius 3 is 2.65 bits per heavy atom. The maximum atomic E-state index is 11.2. The first kappa shape index (κ1) is 13.6. The Morgan fingerprint density at radius 2 is 2.06 bits per heavy atom. The summed E-state index contributed by atoms with van der Waals surface area (Å²) < 4.78 is 27.5. The second-order valence-electron chi connectivity index (χ2n) is 3.90. The topological polar surface area (TPSA) is 43.4 Å². The van der Waals surface area contributed by atoms with Gasteiger partial charge in [0.1, 0.15) is 6.10 Å². The highest BCUT2D eigenvalue weighted by Crippen LogP contribution is 2.43. The molecule has 17 heavy (non-hydrogen) atoms. The Hall–Kier alpha value is 0.190. The molecule has 0 spiro atoms. The molecule has 1 aromatic rings. The Bertz CT molecular complexity index is 559. The standard InChI is InChI=1S/C10H9BrCl2O3S/c1-17(14,15)16-10-7-2-5(12)3-9(13)6(7)4-8(10)11/h2-3,8,10H,4H2,1H3. The summed E-state index contributed by atoms with van der Waals surface area (Å²) in [6.45, 7) is 0. The van der Waals surface area contributed by atoms with Gasteiger partial charge in [-0.2, -0.15) is 8.42 Å². The number of alkyl halides is 1. The summed E-state index contributed by atoms with van der Waals surface area (Å²) in [6, 6.07) is 3.34. The Kier molecular flexibility index (Phi) is 3.77. The number of halogens is 3. The van der Waals surface area contributed by atoms with Gasteiger partial charge in [-0.25, -0.2) is 0 Å². The van der Waals surface area contributed by atoms with E-state index < -0.39 is 16.2 Å². The van der Waals surface area contributed by atoms with Gasteiger partial charge >= 0.3 is 0 Å². The molecule has 7 heteroatoms. The molecule has 0 heterocycles. The van der Waals surface area contributed by atoms with E-state index >= 15 is 0 Å². The number of benzene rings is 1. The largest absolute Gasteiger partial charge is 0.265 e. The predicted octanol–water partition coefficient (Wildman–Crippen LogP) is 3.33. The molecular formula is C10H9BrCl2O3S. The van der Waals surface area contributed by atoms with Gasteiger partial charge < -0.3 is 0 Å². The van der Waals surface area contributed by atoms with Crippen molar-refractivity contribution in [3.8, 4) is 0 Å². The molecule has 1 aliphatic carbocycles. The fourth-order valence-electron chi connectivity index (χ4n) is 1.89. The van der Waals surface area contributed by atoms with Crippen LogP contribution in [0.1, 0.15) is 17.2 Å². The maximum absolute atomic E-state index is 11.2. The van der Waals surface area contributed by atoms with Gasteiger partial charge in [-0.05, 0) is 29.7 Å². The number of fused-ring (bicyclic) bond motifs is 1. The van der Waals surface area contributed by atoms with Crippen LogP contribution in [-0.2, 0) is 20.7 Å². The van der Waals surface area contributed by atoms with Crippen LogP contribution >= 0.6 is 39.1 Å². The molecule has 0 aliphatic heterocycles. The van der Waals surface area contributed by atoms with Crippen LogP contribution < -0.4 is 0 Å². The van der Waals surface area contributed by atoms with Crippen molar-refractivity contribution in [3.63, 3.8) is 0 Å². The maximum Gasteiger partial charge on any atom is 0.265 e. The minimum Gasteiger partial charge on any atom is -0.261 e. The van der Waals surface area contributed by atoms with Crippen molar-refractivity contribution in [1.29, 1.82) is 0 Å². The van der Waals surface area contributed by atoms with E-state index in [1.807, 2.05) is 0 Å². The number of hydrogen-bond donors (Lipinski definition) is 0. The molecule has 2 atom stereocenters. The van der Waals surface area contributed by atoms with E-state index in [-0.39, 0.29) is 4.83 Å². The van der Waals surface area contributed by atoms with Crippen LogP contribution in [0.5, 0.6) is 0 Å². The molecule has 0 fully saturated rings. The zero-order valence-electron chi connectivity index (χ0n) is 8.78. The molecule has 0 saturated carbocycles. The third kappa shape index (κ3) is 2.96. The lowest BCUT2D eigenvalue weighted by molar-refractivity contribution is 0.225. The van der Waals surface area contributed by atoms with Gasteiger partial charge in [-0.15, -0.1) is 0 Å². The minimum atomic E-state index is -3.53. The van der Waals surface area contributed by atoms with Gasteiger partial charge in [0.05, 0.1) is 11.1 Å². The Labute approximate surface area is 118 Å². The van der Waals surface area contributed by atoms with Crippen molar-refractivity contribution < 1.29 is 12.6 Å². The highest BCUT2D eigenvalue weighted by atomic mass is 79.9. The summed E-state index contributed by atoms with van der Waals surface area (Å²) in [6.07, 6.45) is 1.07. The lowest BCUT2D eigenvalue weighted by Gasteiger charge is -2.14. The summed E-state index contributed by atoms with van der Waals surface area (Å²) >= 11 is 15.4. The van der Waals surface area contributed by atoms with Gasteiger partial charge in [-0.3, -0.25) is 4.18 Å². The third-order valence-electron chi connectivity index (χ3n) is 2.51. The van der Waals surface area contributed by atoms with Gasteiger partial charge in [0, 0.05) is 10.0 Å². The summed E-state index contributed by atoms with van der Waals surface area (Å²) in [5.74, 6) is 0. The van der Waals surface area contributed by atoms with Crippen LogP contribution in [-0.4, -0.2) is 19.5 Å². The molecule has 1 aromatic carbocycles. The van der Waals surface area contributed by atoms with Crippen molar-refractivity contribution in [2.24, 2.45) is 0 Å². The van der Waals surface area contributed by atoms with Crippen molar-refractivity contribution in [2.75, 3.05) is 6.26 Å². The molecule has 0 aromatic heterocycles. The van der Waals surface area contributed by atoms with Gasteiger partial charge in [0.25, 0.3) is 10.1 Å². The van der Waals surface area contributed by atoms with E-state index in [2.05, 4.69) is 15.9 Å². The molecule has 3 nitrogen and oxygen atoms in total. The van der Waals surface area contributed by atoms with E-state index in [1.165, 1.54) is 0 Å². The summed E-state index contributed by atoms with van der Waals surface area (Å²) in [7, 11) is -3.53. The quantitative estimate of drug-likeness (QED) is 0.600. The average Bonchev–Trinajstić information content (AvgIpc) is 2.43. The van der Waals surface area contributed by atoms with Crippen LogP contribution in [0.2, 0.25) is 10.0 Å². The van der Waals surface area contributed by atoms with Crippen LogP contribution in [0.4, 0.5) is 0 Å².